The Bertz CT molecular complexity index is 481. The van der Waals surface area contributed by atoms with Crippen LogP contribution in [0.5, 0.6) is 0 Å². The molecule has 2 rings (SSSR count). The summed E-state index contributed by atoms with van der Waals surface area (Å²) in [7, 11) is 2.00. The summed E-state index contributed by atoms with van der Waals surface area (Å²) in [6.07, 6.45) is 5.55. The molecule has 0 atom stereocenters. The van der Waals surface area contributed by atoms with Gasteiger partial charge in [-0.25, -0.2) is 0 Å². The lowest BCUT2D eigenvalue weighted by Gasteiger charge is -1.99. The predicted octanol–water partition coefficient (Wildman–Crippen LogP) is 4.94. The van der Waals surface area contributed by atoms with E-state index in [0.717, 1.165) is 19.1 Å². The van der Waals surface area contributed by atoms with E-state index in [1.54, 1.807) is 17.8 Å². The van der Waals surface area contributed by atoms with Crippen LogP contribution < -0.4 is 0 Å². The molecule has 0 saturated carbocycles. The van der Waals surface area contributed by atoms with E-state index in [1.807, 2.05) is 66.7 Å². The first kappa shape index (κ1) is 23.2. The molecule has 0 spiro atoms. The van der Waals surface area contributed by atoms with Gasteiger partial charge in [-0.1, -0.05) is 91.7 Å². The molecule has 3 heteroatoms. The minimum atomic E-state index is 1.00. The lowest BCUT2D eigenvalue weighted by molar-refractivity contribution is 0.399. The van der Waals surface area contributed by atoms with Crippen molar-refractivity contribution in [2.45, 2.75) is 4.90 Å². The second kappa shape index (κ2) is 19.9. The summed E-state index contributed by atoms with van der Waals surface area (Å²) in [5.74, 6) is 0. The molecule has 0 fully saturated rings. The molecule has 0 amide bonds. The van der Waals surface area contributed by atoms with E-state index < -0.39 is 0 Å². The van der Waals surface area contributed by atoms with Crippen molar-refractivity contribution in [3.63, 3.8) is 0 Å². The Morgan fingerprint density at radius 2 is 1.17 bits per heavy atom. The van der Waals surface area contributed by atoms with Gasteiger partial charge in [0.05, 0.1) is 0 Å². The Balaban J connectivity index is 0. The Kier molecular flexibility index (Phi) is 20.1. The first-order valence-electron chi connectivity index (χ1n) is 6.94. The van der Waals surface area contributed by atoms with Crippen LogP contribution in [0.15, 0.2) is 108 Å². The average molecular weight is 330 g/mol. The van der Waals surface area contributed by atoms with Crippen LogP contribution in [0.3, 0.4) is 0 Å². The number of thioether (sulfide) groups is 1. The second-order valence-electron chi connectivity index (χ2n) is 3.58. The van der Waals surface area contributed by atoms with Gasteiger partial charge in [0.2, 0.25) is 0 Å². The minimum Gasteiger partial charge on any atom is -0.400 e. The first-order valence-corrected chi connectivity index (χ1v) is 7.76. The lowest BCUT2D eigenvalue weighted by atomic mass is 10.4. The van der Waals surface area contributed by atoms with Gasteiger partial charge in [0.25, 0.3) is 0 Å². The van der Waals surface area contributed by atoms with Gasteiger partial charge in [0, 0.05) is 24.0 Å². The van der Waals surface area contributed by atoms with Crippen molar-refractivity contribution in [3.05, 3.63) is 103 Å². The quantitative estimate of drug-likeness (QED) is 0.616. The zero-order valence-electron chi connectivity index (χ0n) is 13.8. The summed E-state index contributed by atoms with van der Waals surface area (Å²) in [6.45, 7) is 7.39. The largest absolute Gasteiger partial charge is 0.400 e. The highest BCUT2D eigenvalue weighted by Crippen LogP contribution is 2.26. The number of hydrogen-bond acceptors (Lipinski definition) is 3. The average Bonchev–Trinajstić information content (AvgIpc) is 2.67. The van der Waals surface area contributed by atoms with Gasteiger partial charge in [0.15, 0.2) is 0 Å². The fourth-order valence-electron chi connectivity index (χ4n) is 1.27. The molecule has 2 nitrogen and oxygen atoms in total. The molecular formula is C20H26O2S. The molecule has 0 aliphatic carbocycles. The van der Waals surface area contributed by atoms with Crippen molar-refractivity contribution in [1.29, 1.82) is 0 Å². The predicted molar refractivity (Wildman–Crippen MR) is 104 cm³/mol. The van der Waals surface area contributed by atoms with Crippen LogP contribution in [0.4, 0.5) is 0 Å². The van der Waals surface area contributed by atoms with E-state index in [1.165, 1.54) is 4.90 Å². The molecule has 0 radical (unpaired) electrons. The molecular weight excluding hydrogens is 304 g/mol. The monoisotopic (exact) mass is 330 g/mol. The summed E-state index contributed by atoms with van der Waals surface area (Å²) >= 11 is 1.69. The Labute approximate surface area is 144 Å². The summed E-state index contributed by atoms with van der Waals surface area (Å²) in [4.78, 5) is 2.33. The normalized spacial score (nSPS) is 8.78. The van der Waals surface area contributed by atoms with E-state index in [4.69, 9.17) is 10.2 Å². The molecule has 2 aromatic rings. The molecule has 2 aromatic carbocycles. The fourth-order valence-corrected chi connectivity index (χ4v) is 2.08. The van der Waals surface area contributed by atoms with Gasteiger partial charge >= 0.3 is 0 Å². The van der Waals surface area contributed by atoms with E-state index in [0.29, 0.717) is 0 Å². The van der Waals surface area contributed by atoms with E-state index in [2.05, 4.69) is 25.3 Å². The number of aliphatic hydroxyl groups is 2. The number of benzene rings is 2. The summed E-state index contributed by atoms with van der Waals surface area (Å²) < 4.78 is 0. The highest BCUT2D eigenvalue weighted by Gasteiger charge is 1.93. The molecule has 0 heterocycles. The van der Waals surface area contributed by atoms with Gasteiger partial charge in [-0.3, -0.25) is 0 Å². The van der Waals surface area contributed by atoms with Gasteiger partial charge in [-0.05, 0) is 18.2 Å². The van der Waals surface area contributed by atoms with E-state index in [9.17, 15) is 0 Å². The Hall–Kier alpha value is -2.07. The molecule has 0 unspecified atom stereocenters. The zero-order valence-corrected chi connectivity index (χ0v) is 14.6. The van der Waals surface area contributed by atoms with Crippen molar-refractivity contribution in [2.75, 3.05) is 14.2 Å². The fraction of sp³-hybridized carbons (Fsp3) is 0.100. The van der Waals surface area contributed by atoms with Crippen molar-refractivity contribution in [1.82, 2.24) is 0 Å². The van der Waals surface area contributed by atoms with Crippen LogP contribution in [0.2, 0.25) is 0 Å². The first-order chi connectivity index (χ1) is 11.4. The van der Waals surface area contributed by atoms with Gasteiger partial charge in [0.1, 0.15) is 0 Å². The minimum absolute atomic E-state index is 1.00. The molecule has 2 N–H and O–H groups in total. The maximum Gasteiger partial charge on any atom is 0.0319 e. The van der Waals surface area contributed by atoms with Crippen LogP contribution in [0.25, 0.3) is 0 Å². The van der Waals surface area contributed by atoms with Gasteiger partial charge in [-0.2, -0.15) is 0 Å². The zero-order chi connectivity index (χ0) is 17.8. The summed E-state index contributed by atoms with van der Waals surface area (Å²) in [5, 5.41) is 14.0. The van der Waals surface area contributed by atoms with Crippen molar-refractivity contribution in [3.8, 4) is 0 Å². The van der Waals surface area contributed by atoms with Crippen LogP contribution in [0, 0.1) is 0 Å². The Morgan fingerprint density at radius 3 is 1.52 bits per heavy atom. The summed E-state index contributed by atoms with van der Waals surface area (Å²) in [5.41, 5.74) is 0. The third-order valence-corrected chi connectivity index (χ3v) is 3.18. The highest BCUT2D eigenvalue weighted by molar-refractivity contribution is 8.03. The molecule has 0 aliphatic heterocycles. The highest BCUT2D eigenvalue weighted by atomic mass is 32.2. The number of allylic oxidation sites excluding steroid dienone is 3. The second-order valence-corrected chi connectivity index (χ2v) is 4.73. The maximum absolute atomic E-state index is 7.00. The molecule has 23 heavy (non-hydrogen) atoms. The number of hydrogen-bond donors (Lipinski definition) is 2. The van der Waals surface area contributed by atoms with Crippen molar-refractivity contribution in [2.24, 2.45) is 0 Å². The third-order valence-electron chi connectivity index (χ3n) is 2.13. The van der Waals surface area contributed by atoms with Crippen molar-refractivity contribution >= 4 is 11.8 Å². The van der Waals surface area contributed by atoms with Crippen LogP contribution in [-0.2, 0) is 0 Å². The standard InChI is InChI=1S/C12H12S.C6H6.2CH4O/c1-3-8-11(4-2)13-12-9-6-5-7-10-12;1-2-4-6-5-3-1;2*1-2/h3-10H,1-2H2;1-6H;2*2H,1H3/b11-8+;;;. The smallest absolute Gasteiger partial charge is 0.0319 e. The molecule has 0 bridgehead atoms. The topological polar surface area (TPSA) is 40.5 Å². The van der Waals surface area contributed by atoms with E-state index >= 15 is 0 Å². The van der Waals surface area contributed by atoms with E-state index in [-0.39, 0.29) is 0 Å². The molecule has 0 aliphatic rings. The number of rotatable bonds is 4. The SMILES string of the molecule is C=C/C=C(\C=C)Sc1ccccc1.CO.CO.c1ccccc1. The molecule has 0 saturated heterocycles. The van der Waals surface area contributed by atoms with Crippen LogP contribution in [-0.4, -0.2) is 24.4 Å². The van der Waals surface area contributed by atoms with Gasteiger partial charge < -0.3 is 10.2 Å². The number of aliphatic hydroxyl groups excluding tert-OH is 2. The van der Waals surface area contributed by atoms with Crippen LogP contribution >= 0.6 is 11.8 Å². The van der Waals surface area contributed by atoms with Gasteiger partial charge in [-0.15, -0.1) is 0 Å². The molecule has 0 aromatic heterocycles. The third kappa shape index (κ3) is 14.6. The lowest BCUT2D eigenvalue weighted by Crippen LogP contribution is -1.71. The Morgan fingerprint density at radius 1 is 0.783 bits per heavy atom. The maximum atomic E-state index is 7.00. The molecule has 124 valence electrons. The van der Waals surface area contributed by atoms with Crippen molar-refractivity contribution < 1.29 is 10.2 Å². The summed E-state index contributed by atoms with van der Waals surface area (Å²) in [6, 6.07) is 22.2. The van der Waals surface area contributed by atoms with Crippen LogP contribution in [0.1, 0.15) is 0 Å².